The lowest BCUT2D eigenvalue weighted by Crippen LogP contribution is -2.15. The highest BCUT2D eigenvalue weighted by molar-refractivity contribution is 6.04. The minimum absolute atomic E-state index is 0.0961. The average molecular weight is 282 g/mol. The van der Waals surface area contributed by atoms with Gasteiger partial charge in [-0.1, -0.05) is 0 Å². The van der Waals surface area contributed by atoms with Gasteiger partial charge in [0, 0.05) is 11.8 Å². The summed E-state index contributed by atoms with van der Waals surface area (Å²) < 4.78 is 27.0. The van der Waals surface area contributed by atoms with Crippen molar-refractivity contribution in [1.29, 1.82) is 0 Å². The number of nitrogens with one attached hydrogen (secondary N) is 2. The van der Waals surface area contributed by atoms with E-state index in [0.717, 1.165) is 0 Å². The summed E-state index contributed by atoms with van der Waals surface area (Å²) in [6, 6.07) is 2.45. The molecule has 2 aromatic rings. The second kappa shape index (κ2) is 5.03. The topological polar surface area (TPSA) is 101 Å². The normalized spacial score (nSPS) is 10.3. The zero-order valence-corrected chi connectivity index (χ0v) is 10.1. The number of anilines is 1. The molecule has 104 valence electrons. The molecule has 0 fully saturated rings. The highest BCUT2D eigenvalue weighted by Gasteiger charge is 2.24. The number of hydrogen-bond donors (Lipinski definition) is 2. The quantitative estimate of drug-likeness (QED) is 0.665. The fourth-order valence-electron chi connectivity index (χ4n) is 1.54. The number of hydrogen-bond acceptors (Lipinski definition) is 4. The summed E-state index contributed by atoms with van der Waals surface area (Å²) in [6.45, 7) is 1.68. The third kappa shape index (κ3) is 2.60. The maximum Gasteiger partial charge on any atom is 0.308 e. The first-order chi connectivity index (χ1) is 9.38. The molecule has 0 unspecified atom stereocenters. The third-order valence-electron chi connectivity index (χ3n) is 2.41. The van der Waals surface area contributed by atoms with Crippen LogP contribution in [0.15, 0.2) is 18.2 Å². The van der Waals surface area contributed by atoms with E-state index in [0.29, 0.717) is 17.8 Å². The Labute approximate surface area is 110 Å². The predicted molar refractivity (Wildman–Crippen MR) is 64.3 cm³/mol. The number of aryl methyl sites for hydroxylation is 1. The van der Waals surface area contributed by atoms with Crippen molar-refractivity contribution >= 4 is 17.4 Å². The van der Waals surface area contributed by atoms with Gasteiger partial charge in [-0.3, -0.25) is 20.0 Å². The van der Waals surface area contributed by atoms with E-state index in [9.17, 15) is 23.7 Å². The van der Waals surface area contributed by atoms with Crippen molar-refractivity contribution in [2.75, 3.05) is 5.32 Å². The number of aromatic nitrogens is 2. The predicted octanol–water partition coefficient (Wildman–Crippen LogP) is 2.16. The summed E-state index contributed by atoms with van der Waals surface area (Å²) in [7, 11) is 0. The number of halogens is 2. The maximum absolute atomic E-state index is 13.8. The summed E-state index contributed by atoms with van der Waals surface area (Å²) in [5.41, 5.74) is -1.23. The van der Waals surface area contributed by atoms with Crippen molar-refractivity contribution in [3.05, 3.63) is 51.2 Å². The number of nitrogens with zero attached hydrogens (tertiary/aromatic N) is 2. The summed E-state index contributed by atoms with van der Waals surface area (Å²) in [5, 5.41) is 19.0. The molecule has 0 bridgehead atoms. The first-order valence-electron chi connectivity index (χ1n) is 5.35. The minimum atomic E-state index is -1.40. The fourth-order valence-corrected chi connectivity index (χ4v) is 1.54. The van der Waals surface area contributed by atoms with Gasteiger partial charge in [0.1, 0.15) is 5.82 Å². The Morgan fingerprint density at radius 2 is 2.10 bits per heavy atom. The number of rotatable bonds is 3. The van der Waals surface area contributed by atoms with Gasteiger partial charge in [-0.05, 0) is 13.0 Å². The molecule has 0 aliphatic carbocycles. The minimum Gasteiger partial charge on any atom is -0.305 e. The number of nitro groups is 1. The van der Waals surface area contributed by atoms with Crippen molar-refractivity contribution in [2.24, 2.45) is 0 Å². The van der Waals surface area contributed by atoms with Crippen LogP contribution in [-0.2, 0) is 0 Å². The van der Waals surface area contributed by atoms with E-state index in [1.165, 1.54) is 6.07 Å². The van der Waals surface area contributed by atoms with Crippen LogP contribution in [0.1, 0.15) is 16.1 Å². The molecule has 0 spiro atoms. The van der Waals surface area contributed by atoms with Crippen LogP contribution < -0.4 is 5.32 Å². The number of carbonyl (C=O) groups excluding carboxylic acids is 1. The Bertz CT molecular complexity index is 699. The number of carbonyl (C=O) groups is 1. The lowest BCUT2D eigenvalue weighted by atomic mass is 10.1. The molecule has 1 heterocycles. The Balaban J connectivity index is 2.37. The molecule has 2 rings (SSSR count). The largest absolute Gasteiger partial charge is 0.308 e. The van der Waals surface area contributed by atoms with Crippen molar-refractivity contribution < 1.29 is 18.5 Å². The van der Waals surface area contributed by atoms with E-state index in [1.807, 2.05) is 0 Å². The van der Waals surface area contributed by atoms with Crippen LogP contribution in [0.3, 0.4) is 0 Å². The molecule has 0 aliphatic rings. The Morgan fingerprint density at radius 1 is 1.40 bits per heavy atom. The van der Waals surface area contributed by atoms with Crippen molar-refractivity contribution in [1.82, 2.24) is 10.2 Å². The summed E-state index contributed by atoms with van der Waals surface area (Å²) in [6.07, 6.45) is 0. The van der Waals surface area contributed by atoms with Gasteiger partial charge >= 0.3 is 5.69 Å². The summed E-state index contributed by atoms with van der Waals surface area (Å²) in [5.74, 6) is -3.42. The number of amides is 1. The fraction of sp³-hybridized carbons (Fsp3) is 0.0909. The number of benzene rings is 1. The Kier molecular flexibility index (Phi) is 3.42. The molecule has 7 nitrogen and oxygen atoms in total. The molecule has 0 atom stereocenters. The molecule has 0 radical (unpaired) electrons. The van der Waals surface area contributed by atoms with Gasteiger partial charge in [-0.15, -0.1) is 0 Å². The number of H-pyrrole nitrogens is 1. The van der Waals surface area contributed by atoms with E-state index in [2.05, 4.69) is 15.5 Å². The lowest BCUT2D eigenvalue weighted by molar-refractivity contribution is -0.387. The molecule has 1 aromatic heterocycles. The zero-order chi connectivity index (χ0) is 14.9. The molecule has 0 saturated carbocycles. The van der Waals surface area contributed by atoms with Crippen molar-refractivity contribution in [3.8, 4) is 0 Å². The van der Waals surface area contributed by atoms with Crippen molar-refractivity contribution in [3.63, 3.8) is 0 Å². The van der Waals surface area contributed by atoms with Gasteiger partial charge in [0.15, 0.2) is 5.82 Å². The Morgan fingerprint density at radius 3 is 2.65 bits per heavy atom. The lowest BCUT2D eigenvalue weighted by Gasteiger charge is -2.04. The van der Waals surface area contributed by atoms with Gasteiger partial charge in [-0.2, -0.15) is 9.49 Å². The summed E-state index contributed by atoms with van der Waals surface area (Å²) >= 11 is 0. The van der Waals surface area contributed by atoms with Crippen LogP contribution in [0.2, 0.25) is 0 Å². The van der Waals surface area contributed by atoms with Crippen LogP contribution >= 0.6 is 0 Å². The number of nitro benzene ring substituents is 1. The highest BCUT2D eigenvalue weighted by Crippen LogP contribution is 2.23. The first-order valence-corrected chi connectivity index (χ1v) is 5.35. The van der Waals surface area contributed by atoms with E-state index in [4.69, 9.17) is 0 Å². The highest BCUT2D eigenvalue weighted by atomic mass is 19.1. The van der Waals surface area contributed by atoms with Gasteiger partial charge < -0.3 is 5.32 Å². The maximum atomic E-state index is 13.8. The average Bonchev–Trinajstić information content (AvgIpc) is 2.76. The molecule has 2 N–H and O–H groups in total. The van der Waals surface area contributed by atoms with Gasteiger partial charge in [0.05, 0.1) is 16.6 Å². The molecular weight excluding hydrogens is 274 g/mol. The van der Waals surface area contributed by atoms with E-state index in [1.54, 1.807) is 6.92 Å². The molecule has 0 aliphatic heterocycles. The van der Waals surface area contributed by atoms with E-state index >= 15 is 0 Å². The van der Waals surface area contributed by atoms with E-state index < -0.39 is 33.7 Å². The van der Waals surface area contributed by atoms with Crippen LogP contribution in [0.4, 0.5) is 20.3 Å². The molecule has 20 heavy (non-hydrogen) atoms. The standard InChI is InChI=1S/C11H8F2N4O3/c1-5-2-9(16-15-5)14-11(18)7-3-6(12)4-8(10(7)13)17(19)20/h2-4H,1H3,(H2,14,15,16,18). The number of aromatic amines is 1. The first kappa shape index (κ1) is 13.6. The van der Waals surface area contributed by atoms with Crippen molar-refractivity contribution in [2.45, 2.75) is 6.92 Å². The second-order valence-corrected chi connectivity index (χ2v) is 3.93. The molecule has 9 heteroatoms. The summed E-state index contributed by atoms with van der Waals surface area (Å²) in [4.78, 5) is 21.2. The van der Waals surface area contributed by atoms with Crippen LogP contribution in [0.5, 0.6) is 0 Å². The molecule has 1 amide bonds. The molecule has 0 saturated heterocycles. The van der Waals surface area contributed by atoms with Crippen LogP contribution in [0, 0.1) is 28.7 Å². The SMILES string of the molecule is Cc1cc(NC(=O)c2cc(F)cc([N+](=O)[O-])c2F)n[nH]1. The third-order valence-corrected chi connectivity index (χ3v) is 2.41. The zero-order valence-electron chi connectivity index (χ0n) is 10.1. The van der Waals surface area contributed by atoms with Gasteiger partial charge in [0.2, 0.25) is 5.82 Å². The van der Waals surface area contributed by atoms with E-state index in [-0.39, 0.29) is 5.82 Å². The monoisotopic (exact) mass is 282 g/mol. The van der Waals surface area contributed by atoms with Crippen LogP contribution in [0.25, 0.3) is 0 Å². The second-order valence-electron chi connectivity index (χ2n) is 3.93. The molecule has 1 aromatic carbocycles. The smallest absolute Gasteiger partial charge is 0.305 e. The Hall–Kier alpha value is -2.84. The molecular formula is C11H8F2N4O3. The van der Waals surface area contributed by atoms with Gasteiger partial charge in [-0.25, -0.2) is 4.39 Å². The van der Waals surface area contributed by atoms with Gasteiger partial charge in [0.25, 0.3) is 5.91 Å². The van der Waals surface area contributed by atoms with Crippen LogP contribution in [-0.4, -0.2) is 21.0 Å².